The first-order valence-electron chi connectivity index (χ1n) is 6.33. The average molecular weight is 314 g/mol. The van der Waals surface area contributed by atoms with E-state index in [-0.39, 0.29) is 6.54 Å². The van der Waals surface area contributed by atoms with Crippen molar-refractivity contribution < 1.29 is 12.8 Å². The van der Waals surface area contributed by atoms with Crippen molar-refractivity contribution in [3.63, 3.8) is 0 Å². The molecule has 0 unspecified atom stereocenters. The van der Waals surface area contributed by atoms with Crippen molar-refractivity contribution in [3.05, 3.63) is 40.0 Å². The summed E-state index contributed by atoms with van der Waals surface area (Å²) >= 11 is 1.50. The fourth-order valence-corrected chi connectivity index (χ4v) is 4.40. The molecule has 0 aliphatic rings. The molecule has 0 fully saturated rings. The molecule has 20 heavy (non-hydrogen) atoms. The zero-order valence-corrected chi connectivity index (χ0v) is 13.1. The van der Waals surface area contributed by atoms with Gasteiger partial charge in [-0.15, -0.1) is 11.3 Å². The highest BCUT2D eigenvalue weighted by Crippen LogP contribution is 2.25. The van der Waals surface area contributed by atoms with E-state index in [4.69, 9.17) is 4.42 Å². The van der Waals surface area contributed by atoms with E-state index in [1.54, 1.807) is 12.1 Å². The highest BCUT2D eigenvalue weighted by Gasteiger charge is 2.19. The van der Waals surface area contributed by atoms with Crippen LogP contribution in [0, 0.1) is 6.92 Å². The summed E-state index contributed by atoms with van der Waals surface area (Å²) in [7, 11) is -3.48. The second-order valence-electron chi connectivity index (χ2n) is 4.37. The molecule has 7 heteroatoms. The third-order valence-corrected chi connectivity index (χ3v) is 5.52. The third-order valence-electron chi connectivity index (χ3n) is 2.81. The first-order valence-corrected chi connectivity index (χ1v) is 8.63. The van der Waals surface area contributed by atoms with Crippen LogP contribution in [0.15, 0.2) is 34.0 Å². The maximum Gasteiger partial charge on any atom is 0.241 e. The predicted octanol–water partition coefficient (Wildman–Crippen LogP) is 2.24. The Morgan fingerprint density at radius 3 is 2.80 bits per heavy atom. The van der Waals surface area contributed by atoms with Crippen molar-refractivity contribution in [2.75, 3.05) is 6.54 Å². The molecule has 0 aliphatic carbocycles. The van der Waals surface area contributed by atoms with E-state index < -0.39 is 10.0 Å². The molecule has 2 N–H and O–H groups in total. The van der Waals surface area contributed by atoms with Gasteiger partial charge in [0.15, 0.2) is 0 Å². The molecule has 0 aliphatic heterocycles. The molecular weight excluding hydrogens is 296 g/mol. The van der Waals surface area contributed by atoms with Crippen molar-refractivity contribution in [2.45, 2.75) is 31.8 Å². The van der Waals surface area contributed by atoms with Gasteiger partial charge >= 0.3 is 0 Å². The van der Waals surface area contributed by atoms with Crippen LogP contribution in [0.4, 0.5) is 0 Å². The van der Waals surface area contributed by atoms with Crippen molar-refractivity contribution >= 4 is 21.4 Å². The summed E-state index contributed by atoms with van der Waals surface area (Å²) in [5, 5.41) is 3.19. The second kappa shape index (κ2) is 6.53. The molecule has 2 rings (SSSR count). The smallest absolute Gasteiger partial charge is 0.241 e. The van der Waals surface area contributed by atoms with E-state index in [1.165, 1.54) is 23.9 Å². The molecule has 110 valence electrons. The van der Waals surface area contributed by atoms with Crippen LogP contribution >= 0.6 is 11.3 Å². The molecular formula is C13H18N2O3S2. The highest BCUT2D eigenvalue weighted by molar-refractivity contribution is 7.89. The largest absolute Gasteiger partial charge is 0.472 e. The van der Waals surface area contributed by atoms with Crippen LogP contribution in [0.1, 0.15) is 22.2 Å². The SMILES string of the molecule is CCNCc1cc(S(=O)(=O)NCc2ccoc2)c(C)s1. The zero-order valence-electron chi connectivity index (χ0n) is 11.5. The van der Waals surface area contributed by atoms with E-state index >= 15 is 0 Å². The first-order chi connectivity index (χ1) is 9.53. The molecule has 0 saturated carbocycles. The number of sulfonamides is 1. The van der Waals surface area contributed by atoms with Gasteiger partial charge in [0.1, 0.15) is 0 Å². The maximum atomic E-state index is 12.3. The van der Waals surface area contributed by atoms with Gasteiger partial charge in [0, 0.05) is 28.4 Å². The standard InChI is InChI=1S/C13H18N2O3S2/c1-3-14-8-12-6-13(10(2)19-12)20(16,17)15-7-11-4-5-18-9-11/h4-6,9,14-15H,3,7-8H2,1-2H3. The summed E-state index contributed by atoms with van der Waals surface area (Å²) in [6.45, 7) is 5.63. The summed E-state index contributed by atoms with van der Waals surface area (Å²) in [6, 6.07) is 3.47. The lowest BCUT2D eigenvalue weighted by molar-refractivity contribution is 0.561. The second-order valence-corrected chi connectivity index (χ2v) is 7.45. The van der Waals surface area contributed by atoms with E-state index in [2.05, 4.69) is 10.0 Å². The summed E-state index contributed by atoms with van der Waals surface area (Å²) in [5.74, 6) is 0. The van der Waals surface area contributed by atoms with Crippen molar-refractivity contribution in [2.24, 2.45) is 0 Å². The molecule has 0 amide bonds. The fourth-order valence-electron chi connectivity index (χ4n) is 1.78. The summed E-state index contributed by atoms with van der Waals surface area (Å²) in [5.41, 5.74) is 0.800. The van der Waals surface area contributed by atoms with Crippen LogP contribution in [-0.2, 0) is 23.1 Å². The molecule has 0 spiro atoms. The topological polar surface area (TPSA) is 71.3 Å². The summed E-state index contributed by atoms with van der Waals surface area (Å²) in [4.78, 5) is 2.18. The molecule has 0 saturated heterocycles. The van der Waals surface area contributed by atoms with Crippen LogP contribution in [0.3, 0.4) is 0 Å². The van der Waals surface area contributed by atoms with Gasteiger partial charge in [-0.25, -0.2) is 13.1 Å². The van der Waals surface area contributed by atoms with Crippen molar-refractivity contribution in [1.29, 1.82) is 0 Å². The Hall–Kier alpha value is -1.15. The Morgan fingerprint density at radius 1 is 1.35 bits per heavy atom. The quantitative estimate of drug-likeness (QED) is 0.822. The summed E-state index contributed by atoms with van der Waals surface area (Å²) in [6.07, 6.45) is 3.05. The third kappa shape index (κ3) is 3.69. The number of thiophene rings is 1. The molecule has 0 bridgehead atoms. The summed E-state index contributed by atoms with van der Waals surface area (Å²) < 4.78 is 32.1. The minimum absolute atomic E-state index is 0.233. The molecule has 0 aromatic carbocycles. The lowest BCUT2D eigenvalue weighted by atomic mass is 10.4. The monoisotopic (exact) mass is 314 g/mol. The van der Waals surface area contributed by atoms with E-state index in [9.17, 15) is 8.42 Å². The van der Waals surface area contributed by atoms with E-state index in [0.29, 0.717) is 11.4 Å². The Balaban J connectivity index is 2.10. The number of hydrogen-bond donors (Lipinski definition) is 2. The zero-order chi connectivity index (χ0) is 14.6. The predicted molar refractivity (Wildman–Crippen MR) is 79.2 cm³/mol. The number of hydrogen-bond acceptors (Lipinski definition) is 5. The van der Waals surface area contributed by atoms with Crippen LogP contribution in [-0.4, -0.2) is 15.0 Å². The van der Waals surface area contributed by atoms with Gasteiger partial charge in [-0.1, -0.05) is 6.92 Å². The molecule has 2 aromatic heterocycles. The van der Waals surface area contributed by atoms with Crippen molar-refractivity contribution in [3.8, 4) is 0 Å². The lowest BCUT2D eigenvalue weighted by Crippen LogP contribution is -2.23. The number of rotatable bonds is 7. The molecule has 0 radical (unpaired) electrons. The van der Waals surface area contributed by atoms with Gasteiger partial charge in [-0.2, -0.15) is 0 Å². The number of aryl methyl sites for hydroxylation is 1. The molecule has 2 aromatic rings. The van der Waals surface area contributed by atoms with Crippen LogP contribution in [0.25, 0.3) is 0 Å². The number of nitrogens with one attached hydrogen (secondary N) is 2. The van der Waals surface area contributed by atoms with E-state index in [1.807, 2.05) is 13.8 Å². The van der Waals surface area contributed by atoms with Gasteiger partial charge < -0.3 is 9.73 Å². The highest BCUT2D eigenvalue weighted by atomic mass is 32.2. The average Bonchev–Trinajstić information content (AvgIpc) is 3.03. The van der Waals surface area contributed by atoms with Gasteiger partial charge in [0.05, 0.1) is 17.4 Å². The fraction of sp³-hybridized carbons (Fsp3) is 0.385. The molecule has 5 nitrogen and oxygen atoms in total. The number of furan rings is 1. The molecule has 2 heterocycles. The van der Waals surface area contributed by atoms with E-state index in [0.717, 1.165) is 21.9 Å². The molecule has 0 atom stereocenters. The van der Waals surface area contributed by atoms with Gasteiger partial charge in [-0.05, 0) is 25.6 Å². The maximum absolute atomic E-state index is 12.3. The Labute approximate surface area is 123 Å². The first kappa shape index (κ1) is 15.2. The minimum Gasteiger partial charge on any atom is -0.472 e. The Morgan fingerprint density at radius 2 is 2.15 bits per heavy atom. The lowest BCUT2D eigenvalue weighted by Gasteiger charge is -2.04. The van der Waals surface area contributed by atoms with Gasteiger partial charge in [-0.3, -0.25) is 0 Å². The van der Waals surface area contributed by atoms with Crippen molar-refractivity contribution in [1.82, 2.24) is 10.0 Å². The Bertz CT molecular complexity index is 645. The Kier molecular flexibility index (Phi) is 4.98. The van der Waals surface area contributed by atoms with Gasteiger partial charge in [0.25, 0.3) is 0 Å². The minimum atomic E-state index is -3.48. The normalized spacial score (nSPS) is 11.9. The van der Waals surface area contributed by atoms with Crippen LogP contribution in [0.5, 0.6) is 0 Å². The van der Waals surface area contributed by atoms with Gasteiger partial charge in [0.2, 0.25) is 10.0 Å². The van der Waals surface area contributed by atoms with Crippen LogP contribution in [0.2, 0.25) is 0 Å². The van der Waals surface area contributed by atoms with Crippen LogP contribution < -0.4 is 10.0 Å².